The molecule has 0 amide bonds. The van der Waals surface area contributed by atoms with Crippen LogP contribution in [0.15, 0.2) is 45.6 Å². The maximum Gasteiger partial charge on any atom is 0.294 e. The van der Waals surface area contributed by atoms with Gasteiger partial charge in [-0.25, -0.2) is 4.99 Å². The molecule has 25 heavy (non-hydrogen) atoms. The van der Waals surface area contributed by atoms with Crippen molar-refractivity contribution < 1.29 is 9.41 Å². The van der Waals surface area contributed by atoms with Gasteiger partial charge in [-0.2, -0.15) is 0 Å². The molecule has 2 aromatic carbocycles. The lowest BCUT2D eigenvalue weighted by Gasteiger charge is -2.09. The standard InChI is InChI=1S/C20H19N3O2/c1-4-22-14-10-16-15(9-11(14)2)23-18-13-8-6-5-7-12(13)17(21-3)19(24)20(18)25-16/h5-10,22-23H,4H2,1-3H3/p+1. The highest BCUT2D eigenvalue weighted by atomic mass is 16.3. The number of aromatic nitrogens is 1. The maximum atomic E-state index is 12.9. The molecule has 1 aliphatic carbocycles. The van der Waals surface area contributed by atoms with Crippen LogP contribution in [0.4, 0.5) is 5.69 Å². The van der Waals surface area contributed by atoms with E-state index in [9.17, 15) is 4.79 Å². The summed E-state index contributed by atoms with van der Waals surface area (Å²) in [7, 11) is 1.76. The molecule has 0 unspecified atom stereocenters. The van der Waals surface area contributed by atoms with Crippen LogP contribution < -0.4 is 21.1 Å². The van der Waals surface area contributed by atoms with Crippen molar-refractivity contribution in [3.05, 3.63) is 68.3 Å². The number of rotatable bonds is 2. The quantitative estimate of drug-likeness (QED) is 0.518. The Bertz CT molecular complexity index is 1300. The molecule has 0 spiro atoms. The summed E-state index contributed by atoms with van der Waals surface area (Å²) in [6, 6.07) is 11.8. The first-order valence-corrected chi connectivity index (χ1v) is 8.41. The third-order valence-corrected chi connectivity index (χ3v) is 4.54. The molecule has 2 aliphatic rings. The second kappa shape index (κ2) is 5.77. The summed E-state index contributed by atoms with van der Waals surface area (Å²) in [5.41, 5.74) is 3.85. The molecule has 0 bridgehead atoms. The van der Waals surface area contributed by atoms with Crippen molar-refractivity contribution >= 4 is 27.6 Å². The number of hydrogen-bond acceptors (Lipinski definition) is 3. The summed E-state index contributed by atoms with van der Waals surface area (Å²) in [4.78, 5) is 19.3. The number of fused-ring (bicyclic) bond motifs is 3. The SMILES string of the molecule is CCNc1cc2oc3c(=O)c(=[NH+]C)c4ccccc4c=3[nH]c2cc1C. The summed E-state index contributed by atoms with van der Waals surface area (Å²) in [6.45, 7) is 4.93. The topological polar surface area (TPSA) is 72.0 Å². The van der Waals surface area contributed by atoms with E-state index >= 15 is 0 Å². The molecule has 0 saturated carbocycles. The fraction of sp³-hybridized carbons (Fsp3) is 0.200. The number of benzene rings is 2. The van der Waals surface area contributed by atoms with Crippen molar-refractivity contribution in [2.45, 2.75) is 13.8 Å². The highest BCUT2D eigenvalue weighted by Crippen LogP contribution is 2.23. The minimum atomic E-state index is -0.139. The molecule has 5 heteroatoms. The average molecular weight is 334 g/mol. The Morgan fingerprint density at radius 1 is 1.20 bits per heavy atom. The molecule has 5 nitrogen and oxygen atoms in total. The Morgan fingerprint density at radius 2 is 1.96 bits per heavy atom. The first kappa shape index (κ1) is 15.4. The smallest absolute Gasteiger partial charge is 0.294 e. The van der Waals surface area contributed by atoms with Crippen LogP contribution >= 0.6 is 0 Å². The summed E-state index contributed by atoms with van der Waals surface area (Å²) in [5, 5.41) is 6.44. The van der Waals surface area contributed by atoms with Gasteiger partial charge in [0.25, 0.3) is 10.8 Å². The Hall–Kier alpha value is -3.08. The zero-order chi connectivity index (χ0) is 17.6. The zero-order valence-electron chi connectivity index (χ0n) is 14.5. The lowest BCUT2D eigenvalue weighted by molar-refractivity contribution is -0.465. The minimum absolute atomic E-state index is 0.139. The molecule has 0 radical (unpaired) electrons. The van der Waals surface area contributed by atoms with Gasteiger partial charge in [0.1, 0.15) is 7.05 Å². The molecular weight excluding hydrogens is 314 g/mol. The van der Waals surface area contributed by atoms with E-state index in [1.807, 2.05) is 43.3 Å². The van der Waals surface area contributed by atoms with Crippen LogP contribution in [0.25, 0.3) is 21.9 Å². The van der Waals surface area contributed by atoms with E-state index < -0.39 is 0 Å². The van der Waals surface area contributed by atoms with Gasteiger partial charge in [0, 0.05) is 23.7 Å². The second-order valence-electron chi connectivity index (χ2n) is 6.12. The minimum Gasteiger partial charge on any atom is -0.448 e. The van der Waals surface area contributed by atoms with Crippen molar-refractivity contribution in [3.8, 4) is 0 Å². The van der Waals surface area contributed by atoms with Gasteiger partial charge < -0.3 is 14.7 Å². The zero-order valence-corrected chi connectivity index (χ0v) is 14.5. The van der Waals surface area contributed by atoms with Crippen LogP contribution in [-0.4, -0.2) is 18.6 Å². The second-order valence-corrected chi connectivity index (χ2v) is 6.12. The number of H-pyrrole nitrogens is 1. The van der Waals surface area contributed by atoms with Gasteiger partial charge in [0.2, 0.25) is 5.42 Å². The van der Waals surface area contributed by atoms with Crippen LogP contribution in [0.5, 0.6) is 0 Å². The fourth-order valence-electron chi connectivity index (χ4n) is 3.36. The van der Waals surface area contributed by atoms with Crippen molar-refractivity contribution in [3.63, 3.8) is 0 Å². The highest BCUT2D eigenvalue weighted by molar-refractivity contribution is 5.84. The summed E-state index contributed by atoms with van der Waals surface area (Å²) >= 11 is 0. The molecular formula is C20H20N3O2+. The van der Waals surface area contributed by atoms with Crippen LogP contribution in [0.2, 0.25) is 0 Å². The molecule has 0 saturated heterocycles. The van der Waals surface area contributed by atoms with Crippen molar-refractivity contribution in [2.75, 3.05) is 18.9 Å². The molecule has 4 rings (SSSR count). The van der Waals surface area contributed by atoms with E-state index in [-0.39, 0.29) is 5.43 Å². The lowest BCUT2D eigenvalue weighted by atomic mass is 10.1. The van der Waals surface area contributed by atoms with Crippen LogP contribution in [-0.2, 0) is 0 Å². The van der Waals surface area contributed by atoms with Gasteiger partial charge in [-0.3, -0.25) is 4.79 Å². The third kappa shape index (κ3) is 2.31. The Balaban J connectivity index is 2.26. The third-order valence-electron chi connectivity index (χ3n) is 4.54. The molecule has 1 heterocycles. The van der Waals surface area contributed by atoms with Crippen molar-refractivity contribution in [2.24, 2.45) is 0 Å². The van der Waals surface area contributed by atoms with E-state index in [1.165, 1.54) is 0 Å². The Morgan fingerprint density at radius 3 is 2.68 bits per heavy atom. The van der Waals surface area contributed by atoms with Gasteiger partial charge in [0.05, 0.1) is 16.3 Å². The monoisotopic (exact) mass is 334 g/mol. The van der Waals surface area contributed by atoms with Gasteiger partial charge in [-0.1, -0.05) is 18.2 Å². The lowest BCUT2D eigenvalue weighted by Crippen LogP contribution is -2.75. The number of hydrogen-bond donors (Lipinski definition) is 3. The molecule has 0 fully saturated rings. The van der Waals surface area contributed by atoms with E-state index in [1.54, 1.807) is 7.05 Å². The first-order chi connectivity index (χ1) is 12.1. The Kier molecular flexibility index (Phi) is 3.57. The molecule has 126 valence electrons. The summed E-state index contributed by atoms with van der Waals surface area (Å²) in [6.07, 6.45) is 0. The number of aryl methyl sites for hydroxylation is 1. The van der Waals surface area contributed by atoms with Crippen LogP contribution in [0.1, 0.15) is 12.5 Å². The number of anilines is 1. The first-order valence-electron chi connectivity index (χ1n) is 8.41. The largest absolute Gasteiger partial charge is 0.448 e. The molecule has 3 N–H and O–H groups in total. The van der Waals surface area contributed by atoms with Crippen molar-refractivity contribution in [1.29, 1.82) is 0 Å². The highest BCUT2D eigenvalue weighted by Gasteiger charge is 2.13. The average Bonchev–Trinajstić information content (AvgIpc) is 2.62. The van der Waals surface area contributed by atoms with Gasteiger partial charge in [0.15, 0.2) is 5.58 Å². The van der Waals surface area contributed by atoms with Crippen LogP contribution in [0, 0.1) is 17.7 Å². The molecule has 0 atom stereocenters. The van der Waals surface area contributed by atoms with Gasteiger partial charge in [-0.15, -0.1) is 0 Å². The fourth-order valence-corrected chi connectivity index (χ4v) is 3.36. The van der Waals surface area contributed by atoms with E-state index in [0.29, 0.717) is 16.4 Å². The maximum absolute atomic E-state index is 12.9. The Labute approximate surface area is 143 Å². The number of nitrogens with one attached hydrogen (secondary N) is 3. The van der Waals surface area contributed by atoms with Gasteiger partial charge in [-0.05, 0) is 31.5 Å². The normalized spacial score (nSPS) is 12.4. The molecule has 0 aromatic heterocycles. The number of aromatic amines is 1. The van der Waals surface area contributed by atoms with E-state index in [0.717, 1.165) is 39.4 Å². The molecule has 2 aromatic rings. The van der Waals surface area contributed by atoms with Crippen molar-refractivity contribution in [1.82, 2.24) is 4.98 Å². The predicted octanol–water partition coefficient (Wildman–Crippen LogP) is 1.35. The van der Waals surface area contributed by atoms with E-state index in [2.05, 4.69) is 22.2 Å². The predicted molar refractivity (Wildman–Crippen MR) is 98.6 cm³/mol. The van der Waals surface area contributed by atoms with Crippen LogP contribution in [0.3, 0.4) is 0 Å². The summed E-state index contributed by atoms with van der Waals surface area (Å²) in [5.74, 6) is 0. The van der Waals surface area contributed by atoms with Gasteiger partial charge >= 0.3 is 0 Å². The van der Waals surface area contributed by atoms with E-state index in [4.69, 9.17) is 4.42 Å². The molecule has 1 aliphatic heterocycles. The summed E-state index contributed by atoms with van der Waals surface area (Å²) < 4.78 is 6.05.